The highest BCUT2D eigenvalue weighted by Gasteiger charge is 2.23. The van der Waals surface area contributed by atoms with Crippen LogP contribution in [0.4, 0.5) is 0 Å². The maximum absolute atomic E-state index is 12.4. The van der Waals surface area contributed by atoms with Crippen molar-refractivity contribution in [3.63, 3.8) is 0 Å². The molecular weight excluding hydrogens is 320 g/mol. The molecule has 1 aromatic rings. The number of nitrogens with zero attached hydrogens (tertiary/aromatic N) is 1. The van der Waals surface area contributed by atoms with Crippen LogP contribution in [0, 0.1) is 5.92 Å². The monoisotopic (exact) mass is 344 g/mol. The third kappa shape index (κ3) is 4.80. The van der Waals surface area contributed by atoms with Gasteiger partial charge in [0.15, 0.2) is 0 Å². The summed E-state index contributed by atoms with van der Waals surface area (Å²) in [5.41, 5.74) is 1.11. The fraction of sp³-hybridized carbons (Fsp3) is 0.562. The Kier molecular flexibility index (Phi) is 8.07. The van der Waals surface area contributed by atoms with Crippen molar-refractivity contribution in [1.82, 2.24) is 10.2 Å². The molecule has 0 aromatic heterocycles. The number of thioether (sulfide) groups is 1. The zero-order valence-corrected chi connectivity index (χ0v) is 15.1. The SMILES string of the molecule is COc1cc(CN(C)C(=O)C2CCNCC2)ccc1SC.Cl. The van der Waals surface area contributed by atoms with Gasteiger partial charge in [-0.15, -0.1) is 24.2 Å². The number of hydrogen-bond donors (Lipinski definition) is 1. The second kappa shape index (κ2) is 9.28. The molecule has 1 N–H and O–H groups in total. The van der Waals surface area contributed by atoms with Gasteiger partial charge in [0.05, 0.1) is 7.11 Å². The molecule has 0 bridgehead atoms. The Morgan fingerprint density at radius 3 is 2.68 bits per heavy atom. The van der Waals surface area contributed by atoms with Gasteiger partial charge < -0.3 is 15.0 Å². The van der Waals surface area contributed by atoms with Crippen LogP contribution in [0.1, 0.15) is 18.4 Å². The van der Waals surface area contributed by atoms with Crippen molar-refractivity contribution >= 4 is 30.1 Å². The molecule has 0 atom stereocenters. The first-order chi connectivity index (χ1) is 10.2. The number of carbonyl (C=O) groups is 1. The molecule has 1 aliphatic heterocycles. The minimum Gasteiger partial charge on any atom is -0.496 e. The summed E-state index contributed by atoms with van der Waals surface area (Å²) in [6, 6.07) is 6.15. The van der Waals surface area contributed by atoms with E-state index < -0.39 is 0 Å². The van der Waals surface area contributed by atoms with Crippen LogP contribution in [0.15, 0.2) is 23.1 Å². The van der Waals surface area contributed by atoms with Gasteiger partial charge in [0.25, 0.3) is 0 Å². The van der Waals surface area contributed by atoms with Gasteiger partial charge in [-0.25, -0.2) is 0 Å². The highest BCUT2D eigenvalue weighted by Crippen LogP contribution is 2.28. The molecule has 22 heavy (non-hydrogen) atoms. The summed E-state index contributed by atoms with van der Waals surface area (Å²) in [5.74, 6) is 1.30. The average Bonchev–Trinajstić information content (AvgIpc) is 2.54. The van der Waals surface area contributed by atoms with E-state index in [1.807, 2.05) is 24.3 Å². The number of benzene rings is 1. The van der Waals surface area contributed by atoms with Crippen LogP contribution in [0.3, 0.4) is 0 Å². The summed E-state index contributed by atoms with van der Waals surface area (Å²) in [5, 5.41) is 3.30. The number of halogens is 1. The van der Waals surface area contributed by atoms with Gasteiger partial charge >= 0.3 is 0 Å². The van der Waals surface area contributed by atoms with E-state index in [1.54, 1.807) is 18.9 Å². The van der Waals surface area contributed by atoms with E-state index in [-0.39, 0.29) is 24.2 Å². The molecule has 2 rings (SSSR count). The van der Waals surface area contributed by atoms with E-state index >= 15 is 0 Å². The van der Waals surface area contributed by atoms with Gasteiger partial charge in [0.1, 0.15) is 5.75 Å². The van der Waals surface area contributed by atoms with Gasteiger partial charge in [-0.3, -0.25) is 4.79 Å². The Morgan fingerprint density at radius 2 is 2.09 bits per heavy atom. The highest BCUT2D eigenvalue weighted by molar-refractivity contribution is 7.98. The summed E-state index contributed by atoms with van der Waals surface area (Å²) < 4.78 is 5.40. The number of carbonyl (C=O) groups excluding carboxylic acids is 1. The Bertz CT molecular complexity index is 493. The first-order valence-electron chi connectivity index (χ1n) is 7.32. The van der Waals surface area contributed by atoms with Crippen molar-refractivity contribution in [3.05, 3.63) is 23.8 Å². The maximum Gasteiger partial charge on any atom is 0.225 e. The van der Waals surface area contributed by atoms with E-state index in [0.717, 1.165) is 42.1 Å². The average molecular weight is 345 g/mol. The van der Waals surface area contributed by atoms with E-state index in [1.165, 1.54) is 0 Å². The van der Waals surface area contributed by atoms with Crippen LogP contribution < -0.4 is 10.1 Å². The third-order valence-electron chi connectivity index (χ3n) is 3.93. The second-order valence-electron chi connectivity index (χ2n) is 5.41. The normalized spacial score (nSPS) is 15.0. The Hall–Kier alpha value is -0.910. The highest BCUT2D eigenvalue weighted by atomic mass is 35.5. The smallest absolute Gasteiger partial charge is 0.225 e. The first-order valence-corrected chi connectivity index (χ1v) is 8.54. The molecule has 124 valence electrons. The van der Waals surface area contributed by atoms with Gasteiger partial charge in [-0.2, -0.15) is 0 Å². The van der Waals surface area contributed by atoms with Crippen LogP contribution in [-0.4, -0.2) is 44.3 Å². The Morgan fingerprint density at radius 1 is 1.41 bits per heavy atom. The molecule has 1 aliphatic rings. The lowest BCUT2D eigenvalue weighted by Crippen LogP contribution is -2.38. The molecular formula is C16H25ClN2O2S. The van der Waals surface area contributed by atoms with Crippen LogP contribution in [0.25, 0.3) is 0 Å². The molecule has 6 heteroatoms. The maximum atomic E-state index is 12.4. The van der Waals surface area contributed by atoms with Crippen LogP contribution in [0.5, 0.6) is 5.75 Å². The third-order valence-corrected chi connectivity index (χ3v) is 4.71. The molecule has 1 aromatic carbocycles. The summed E-state index contributed by atoms with van der Waals surface area (Å²) in [4.78, 5) is 15.4. The number of amides is 1. The van der Waals surface area contributed by atoms with E-state index in [2.05, 4.69) is 17.4 Å². The minimum atomic E-state index is 0. The van der Waals surface area contributed by atoms with Gasteiger partial charge in [0.2, 0.25) is 5.91 Å². The molecule has 0 radical (unpaired) electrons. The number of ether oxygens (including phenoxy) is 1. The standard InChI is InChI=1S/C16H24N2O2S.ClH/c1-18(16(19)13-6-8-17-9-7-13)11-12-4-5-15(21-3)14(10-12)20-2;/h4-5,10,13,17H,6-9,11H2,1-3H3;1H. The number of rotatable bonds is 5. The first kappa shape index (κ1) is 19.1. The topological polar surface area (TPSA) is 41.6 Å². The van der Waals surface area contributed by atoms with Crippen molar-refractivity contribution in [2.24, 2.45) is 5.92 Å². The number of hydrogen-bond acceptors (Lipinski definition) is 4. The molecule has 1 fully saturated rings. The summed E-state index contributed by atoms with van der Waals surface area (Å²) >= 11 is 1.66. The molecule has 4 nitrogen and oxygen atoms in total. The Balaban J connectivity index is 0.00000242. The lowest BCUT2D eigenvalue weighted by molar-refractivity contribution is -0.135. The van der Waals surface area contributed by atoms with Crippen LogP contribution in [0.2, 0.25) is 0 Å². The summed E-state index contributed by atoms with van der Waals surface area (Å²) in [7, 11) is 3.57. The number of methoxy groups -OCH3 is 1. The van der Waals surface area contributed by atoms with Gasteiger partial charge in [0, 0.05) is 24.4 Å². The molecule has 1 saturated heterocycles. The zero-order chi connectivity index (χ0) is 15.2. The molecule has 0 spiro atoms. The van der Waals surface area contributed by atoms with Crippen molar-refractivity contribution in [2.45, 2.75) is 24.3 Å². The summed E-state index contributed by atoms with van der Waals surface area (Å²) in [6.45, 7) is 2.52. The van der Waals surface area contributed by atoms with Crippen LogP contribution in [-0.2, 0) is 11.3 Å². The lowest BCUT2D eigenvalue weighted by atomic mass is 9.96. The molecule has 0 unspecified atom stereocenters. The van der Waals surface area contributed by atoms with Crippen molar-refractivity contribution in [1.29, 1.82) is 0 Å². The lowest BCUT2D eigenvalue weighted by Gasteiger charge is -2.27. The van der Waals surface area contributed by atoms with E-state index in [9.17, 15) is 4.79 Å². The van der Waals surface area contributed by atoms with Gasteiger partial charge in [-0.05, 0) is 49.9 Å². The molecule has 0 saturated carbocycles. The number of nitrogens with one attached hydrogen (secondary N) is 1. The number of piperidine rings is 1. The summed E-state index contributed by atoms with van der Waals surface area (Å²) in [6.07, 6.45) is 3.92. The van der Waals surface area contributed by atoms with Crippen LogP contribution >= 0.6 is 24.2 Å². The van der Waals surface area contributed by atoms with Crippen molar-refractivity contribution in [3.8, 4) is 5.75 Å². The molecule has 0 aliphatic carbocycles. The van der Waals surface area contributed by atoms with E-state index in [4.69, 9.17) is 4.74 Å². The van der Waals surface area contributed by atoms with E-state index in [0.29, 0.717) is 6.54 Å². The fourth-order valence-electron chi connectivity index (χ4n) is 2.71. The second-order valence-corrected chi connectivity index (χ2v) is 6.26. The zero-order valence-electron chi connectivity index (χ0n) is 13.4. The van der Waals surface area contributed by atoms with Gasteiger partial charge in [-0.1, -0.05) is 6.07 Å². The van der Waals surface area contributed by atoms with Crippen molar-refractivity contribution < 1.29 is 9.53 Å². The quantitative estimate of drug-likeness (QED) is 0.834. The largest absolute Gasteiger partial charge is 0.496 e. The molecule has 1 amide bonds. The predicted molar refractivity (Wildman–Crippen MR) is 94.1 cm³/mol. The Labute approximate surface area is 143 Å². The molecule has 1 heterocycles. The fourth-order valence-corrected chi connectivity index (χ4v) is 3.26. The minimum absolute atomic E-state index is 0. The predicted octanol–water partition coefficient (Wildman–Crippen LogP) is 2.80. The van der Waals surface area contributed by atoms with Crippen molar-refractivity contribution in [2.75, 3.05) is 33.5 Å².